The first kappa shape index (κ1) is 22.9. The lowest BCUT2D eigenvalue weighted by molar-refractivity contribution is 0.125. The molecule has 10 heteroatoms. The number of benzene rings is 2. The summed E-state index contributed by atoms with van der Waals surface area (Å²) in [4.78, 5) is 15.0. The average Bonchev–Trinajstić information content (AvgIpc) is 3.72. The van der Waals surface area contributed by atoms with Crippen LogP contribution in [0.2, 0.25) is 0 Å². The van der Waals surface area contributed by atoms with Crippen LogP contribution in [0.25, 0.3) is 11.3 Å². The number of fused-ring (bicyclic) bond motifs is 4. The van der Waals surface area contributed by atoms with Gasteiger partial charge >= 0.3 is 0 Å². The predicted octanol–water partition coefficient (Wildman–Crippen LogP) is 5.44. The van der Waals surface area contributed by atoms with E-state index in [9.17, 15) is 0 Å². The third-order valence-electron chi connectivity index (χ3n) is 6.68. The smallest absolute Gasteiger partial charge is 0.230 e. The molecule has 1 aliphatic rings. The van der Waals surface area contributed by atoms with Crippen molar-refractivity contribution in [3.8, 4) is 17.4 Å². The van der Waals surface area contributed by atoms with Crippen LogP contribution in [0.5, 0.6) is 11.8 Å². The van der Waals surface area contributed by atoms with Gasteiger partial charge in [0.15, 0.2) is 18.1 Å². The quantitative estimate of drug-likeness (QED) is 0.214. The lowest BCUT2D eigenvalue weighted by atomic mass is 9.88. The second-order valence-electron chi connectivity index (χ2n) is 9.18. The van der Waals surface area contributed by atoms with Gasteiger partial charge < -0.3 is 14.0 Å². The third kappa shape index (κ3) is 3.93. The number of rotatable bonds is 6. The summed E-state index contributed by atoms with van der Waals surface area (Å²) in [6, 6.07) is 23.5. The Labute approximate surface area is 223 Å². The Hall–Kier alpha value is -5.25. The summed E-state index contributed by atoms with van der Waals surface area (Å²) in [6.45, 7) is 3.96. The van der Waals surface area contributed by atoms with E-state index in [1.54, 1.807) is 21.8 Å². The molecule has 5 heterocycles. The van der Waals surface area contributed by atoms with Crippen LogP contribution in [-0.2, 0) is 11.4 Å². The molecule has 2 aromatic carbocycles. The number of nitrogens with zero attached hydrogens (tertiary/aromatic N) is 7. The van der Waals surface area contributed by atoms with E-state index in [2.05, 4.69) is 15.2 Å². The number of hydrogen-bond acceptors (Lipinski definition) is 8. The van der Waals surface area contributed by atoms with E-state index in [0.717, 1.165) is 39.5 Å². The average molecular weight is 518 g/mol. The van der Waals surface area contributed by atoms with Crippen molar-refractivity contribution in [3.05, 3.63) is 119 Å². The molecule has 0 saturated carbocycles. The summed E-state index contributed by atoms with van der Waals surface area (Å²) in [6.07, 6.45) is 3.24. The maximum absolute atomic E-state index is 6.40. The number of oxime groups is 1. The Morgan fingerprint density at radius 3 is 2.54 bits per heavy atom. The molecule has 10 nitrogen and oxygen atoms in total. The van der Waals surface area contributed by atoms with Crippen LogP contribution in [0.15, 0.2) is 95.0 Å². The zero-order valence-corrected chi connectivity index (χ0v) is 21.2. The standard InChI is InChI=1S/C29H23N7O3/c1-18(20-10-5-3-6-11-20)34-38-16-23-31-27-26-25(22-14-9-15-37-22)24-19(2)32-36(21-12-7-4-8-13-21)29(24)39-28(26)30-17-35(27)33-23/h3-15,17,25H,16H2,1-2H3/b34-18+/t25-/m0/s1. The third-order valence-corrected chi connectivity index (χ3v) is 6.68. The minimum absolute atomic E-state index is 0.100. The Balaban J connectivity index is 1.29. The second-order valence-corrected chi connectivity index (χ2v) is 9.18. The normalized spacial score (nSPS) is 14.6. The first-order chi connectivity index (χ1) is 19.2. The van der Waals surface area contributed by atoms with Crippen LogP contribution < -0.4 is 4.74 Å². The van der Waals surface area contributed by atoms with Crippen LogP contribution in [-0.4, -0.2) is 35.1 Å². The second kappa shape index (κ2) is 9.25. The largest absolute Gasteiger partial charge is 0.468 e. The number of furan rings is 1. The Bertz CT molecular complexity index is 1810. The molecule has 0 saturated heterocycles. The van der Waals surface area contributed by atoms with Crippen molar-refractivity contribution in [2.24, 2.45) is 5.16 Å². The van der Waals surface area contributed by atoms with Gasteiger partial charge in [-0.25, -0.2) is 19.2 Å². The molecular weight excluding hydrogens is 494 g/mol. The molecule has 1 atom stereocenters. The lowest BCUT2D eigenvalue weighted by Gasteiger charge is -2.24. The van der Waals surface area contributed by atoms with Crippen LogP contribution in [0.4, 0.5) is 0 Å². The van der Waals surface area contributed by atoms with Gasteiger partial charge in [-0.1, -0.05) is 53.7 Å². The fourth-order valence-corrected chi connectivity index (χ4v) is 4.89. The number of ether oxygens (including phenoxy) is 1. The fraction of sp³-hybridized carbons (Fsp3) is 0.138. The summed E-state index contributed by atoms with van der Waals surface area (Å²) >= 11 is 0. The molecule has 0 spiro atoms. The summed E-state index contributed by atoms with van der Waals surface area (Å²) in [5, 5.41) is 13.6. The van der Waals surface area contributed by atoms with Crippen LogP contribution in [0, 0.1) is 6.92 Å². The van der Waals surface area contributed by atoms with Crippen molar-refractivity contribution in [2.75, 3.05) is 0 Å². The molecule has 0 radical (unpaired) electrons. The molecule has 7 rings (SSSR count). The zero-order valence-electron chi connectivity index (χ0n) is 21.2. The van der Waals surface area contributed by atoms with E-state index < -0.39 is 0 Å². The van der Waals surface area contributed by atoms with Gasteiger partial charge in [-0.15, -0.1) is 5.10 Å². The SMILES string of the molecule is C/C(=N\OCc1nc2c3c(ncn2n1)Oc1c(c(C)nn1-c1ccccc1)[C@@H]3c1ccco1)c1ccccc1. The lowest BCUT2D eigenvalue weighted by Crippen LogP contribution is -2.15. The maximum atomic E-state index is 6.40. The van der Waals surface area contributed by atoms with E-state index in [1.807, 2.05) is 86.6 Å². The minimum Gasteiger partial charge on any atom is -0.468 e. The van der Waals surface area contributed by atoms with E-state index >= 15 is 0 Å². The van der Waals surface area contributed by atoms with E-state index in [1.165, 1.54) is 0 Å². The maximum Gasteiger partial charge on any atom is 0.230 e. The fourth-order valence-electron chi connectivity index (χ4n) is 4.89. The van der Waals surface area contributed by atoms with Crippen LogP contribution in [0.3, 0.4) is 0 Å². The van der Waals surface area contributed by atoms with Crippen LogP contribution in [0.1, 0.15) is 46.8 Å². The highest BCUT2D eigenvalue weighted by molar-refractivity contribution is 5.98. The summed E-state index contributed by atoms with van der Waals surface area (Å²) < 4.78 is 15.8. The summed E-state index contributed by atoms with van der Waals surface area (Å²) in [5.74, 6) is 1.87. The predicted molar refractivity (Wildman–Crippen MR) is 142 cm³/mol. The molecule has 192 valence electrons. The van der Waals surface area contributed by atoms with Crippen molar-refractivity contribution < 1.29 is 14.0 Å². The topological polar surface area (TPSA) is 105 Å². The highest BCUT2D eigenvalue weighted by Gasteiger charge is 2.39. The first-order valence-corrected chi connectivity index (χ1v) is 12.5. The van der Waals surface area contributed by atoms with E-state index in [-0.39, 0.29) is 12.5 Å². The summed E-state index contributed by atoms with van der Waals surface area (Å²) in [5.41, 5.74) is 5.69. The molecule has 0 aliphatic carbocycles. The zero-order chi connectivity index (χ0) is 26.3. The Kier molecular flexibility index (Phi) is 5.43. The molecule has 0 bridgehead atoms. The molecule has 0 N–H and O–H groups in total. The van der Waals surface area contributed by atoms with Gasteiger partial charge in [0.2, 0.25) is 11.8 Å². The minimum atomic E-state index is -0.344. The number of aromatic nitrogens is 6. The first-order valence-electron chi connectivity index (χ1n) is 12.5. The van der Waals surface area contributed by atoms with E-state index in [4.69, 9.17) is 24.1 Å². The molecule has 39 heavy (non-hydrogen) atoms. The van der Waals surface area contributed by atoms with Crippen molar-refractivity contribution in [1.82, 2.24) is 29.4 Å². The van der Waals surface area contributed by atoms with Gasteiger partial charge in [0.1, 0.15) is 12.1 Å². The molecule has 0 amide bonds. The molecule has 1 aliphatic heterocycles. The summed E-state index contributed by atoms with van der Waals surface area (Å²) in [7, 11) is 0. The molecule has 0 fully saturated rings. The molecule has 4 aromatic heterocycles. The Morgan fingerprint density at radius 1 is 0.974 bits per heavy atom. The monoisotopic (exact) mass is 517 g/mol. The molecule has 6 aromatic rings. The van der Waals surface area contributed by atoms with Gasteiger partial charge in [-0.05, 0) is 43.7 Å². The van der Waals surface area contributed by atoms with Gasteiger partial charge in [0.05, 0.1) is 40.4 Å². The van der Waals surface area contributed by atoms with Gasteiger partial charge in [0, 0.05) is 0 Å². The van der Waals surface area contributed by atoms with Crippen molar-refractivity contribution >= 4 is 11.4 Å². The highest BCUT2D eigenvalue weighted by atomic mass is 16.6. The Morgan fingerprint density at radius 2 is 1.77 bits per heavy atom. The van der Waals surface area contributed by atoms with E-state index in [0.29, 0.717) is 23.2 Å². The van der Waals surface area contributed by atoms with Crippen molar-refractivity contribution in [2.45, 2.75) is 26.4 Å². The number of para-hydroxylation sites is 1. The highest BCUT2D eigenvalue weighted by Crippen LogP contribution is 2.49. The van der Waals surface area contributed by atoms with Gasteiger partial charge in [-0.3, -0.25) is 0 Å². The van der Waals surface area contributed by atoms with Crippen molar-refractivity contribution in [3.63, 3.8) is 0 Å². The number of hydrogen-bond donors (Lipinski definition) is 0. The van der Waals surface area contributed by atoms with Gasteiger partial charge in [-0.2, -0.15) is 5.10 Å². The molecule has 0 unspecified atom stereocenters. The van der Waals surface area contributed by atoms with Crippen molar-refractivity contribution in [1.29, 1.82) is 0 Å². The number of aryl methyl sites for hydroxylation is 1. The molecular formula is C29H23N7O3. The van der Waals surface area contributed by atoms with Crippen LogP contribution >= 0.6 is 0 Å². The van der Waals surface area contributed by atoms with Gasteiger partial charge in [0.25, 0.3) is 0 Å².